The normalized spacial score (nSPS) is 12.1. The van der Waals surface area contributed by atoms with Gasteiger partial charge in [-0.3, -0.25) is 0 Å². The molecule has 0 unspecified atom stereocenters. The van der Waals surface area contributed by atoms with Crippen molar-refractivity contribution in [3.05, 3.63) is 364 Å². The van der Waals surface area contributed by atoms with Crippen LogP contribution in [0.4, 0.5) is 0 Å². The summed E-state index contributed by atoms with van der Waals surface area (Å²) in [6.07, 6.45) is 0. The summed E-state index contributed by atoms with van der Waals surface area (Å²) in [5.74, 6) is 0. The van der Waals surface area contributed by atoms with Gasteiger partial charge in [0.15, 0.2) is 0 Å². The summed E-state index contributed by atoms with van der Waals surface area (Å²) in [6.45, 7) is 0. The van der Waals surface area contributed by atoms with E-state index in [-0.39, 0.29) is 0 Å². The highest BCUT2D eigenvalue weighted by molar-refractivity contribution is 6.32. The van der Waals surface area contributed by atoms with E-state index in [1.54, 1.807) is 0 Å². The van der Waals surface area contributed by atoms with Gasteiger partial charge >= 0.3 is 0 Å². The van der Waals surface area contributed by atoms with Crippen molar-refractivity contribution >= 4 is 162 Å². The molecule has 468 valence electrons. The zero-order chi connectivity index (χ0) is 66.7. The predicted molar refractivity (Wildman–Crippen MR) is 442 cm³/mol. The summed E-state index contributed by atoms with van der Waals surface area (Å²) < 4.78 is 0. The lowest BCUT2D eigenvalue weighted by molar-refractivity contribution is 1.63. The third-order valence-corrected chi connectivity index (χ3v) is 22.6. The molecule has 0 amide bonds. The van der Waals surface area contributed by atoms with Crippen molar-refractivity contribution in [1.29, 1.82) is 0 Å². The van der Waals surface area contributed by atoms with Crippen molar-refractivity contribution in [2.45, 2.75) is 0 Å². The number of fused-ring (bicyclic) bond motifs is 18. The second kappa shape index (κ2) is 22.1. The fraction of sp³-hybridized carbons (Fsp3) is 0. The van der Waals surface area contributed by atoms with E-state index in [1.807, 2.05) is 0 Å². The lowest BCUT2D eigenvalue weighted by atomic mass is 9.80. The fourth-order valence-corrected chi connectivity index (χ4v) is 18.2. The summed E-state index contributed by atoms with van der Waals surface area (Å²) >= 11 is 0. The van der Waals surface area contributed by atoms with Gasteiger partial charge in [-0.2, -0.15) is 0 Å². The summed E-state index contributed by atoms with van der Waals surface area (Å²) in [5.41, 5.74) is 14.6. The van der Waals surface area contributed by atoms with Crippen LogP contribution < -0.4 is 0 Å². The van der Waals surface area contributed by atoms with Gasteiger partial charge in [-0.15, -0.1) is 0 Å². The minimum Gasteiger partial charge on any atom is -0.0616 e. The number of hydrogen-bond acceptors (Lipinski definition) is 0. The van der Waals surface area contributed by atoms with Crippen LogP contribution in [0.25, 0.3) is 228 Å². The smallest absolute Gasteiger partial charge is 0.00199 e. The molecule has 0 bridgehead atoms. The summed E-state index contributed by atoms with van der Waals surface area (Å²) in [7, 11) is 0. The summed E-state index contributed by atoms with van der Waals surface area (Å²) in [5, 5.41) is 37.0. The number of rotatable bonds is 6. The third-order valence-electron chi connectivity index (χ3n) is 22.6. The standard InChI is InChI=1S/C102H60/c1-4-28-64-55-91-88(52-61(64)25-1)73-34-10-7-31-67(73)58-94(91)100-82-43-19-13-37-76(82)97(77-38-14-20-44-83(77)100)70-49-71(98-78-39-15-21-45-84(78)101(85-46-22-16-40-79(85)98)95-59-68-32-8-11-35-74(68)89-53-62-26-2-5-29-65(62)56-92(89)95)51-72(50-70)99-80-41-17-23-47-86(80)102(87-48-24-18-42-81(87)99)96-60-69-33-9-12-36-75(69)90-54-63-27-3-6-30-66(63)57-93(90)96/h1-60H. The van der Waals surface area contributed by atoms with Crippen LogP contribution in [-0.4, -0.2) is 0 Å². The van der Waals surface area contributed by atoms with Gasteiger partial charge in [0, 0.05) is 0 Å². The van der Waals surface area contributed by atoms with E-state index >= 15 is 0 Å². The van der Waals surface area contributed by atoms with E-state index < -0.39 is 0 Å². The molecule has 0 nitrogen and oxygen atoms in total. The van der Waals surface area contributed by atoms with Gasteiger partial charge in [0.05, 0.1) is 0 Å². The maximum Gasteiger partial charge on any atom is -0.00199 e. The Morgan fingerprint density at radius 1 is 0.0980 bits per heavy atom. The first-order valence-electron chi connectivity index (χ1n) is 35.6. The highest BCUT2D eigenvalue weighted by atomic mass is 14.3. The van der Waals surface area contributed by atoms with Gasteiger partial charge in [0.1, 0.15) is 0 Å². The lowest BCUT2D eigenvalue weighted by Gasteiger charge is -2.23. The molecule has 0 heterocycles. The molecule has 22 aromatic rings. The van der Waals surface area contributed by atoms with Crippen molar-refractivity contribution < 1.29 is 0 Å². The van der Waals surface area contributed by atoms with E-state index in [0.29, 0.717) is 0 Å². The first-order chi connectivity index (χ1) is 50.6. The van der Waals surface area contributed by atoms with Crippen LogP contribution in [-0.2, 0) is 0 Å². The third kappa shape index (κ3) is 8.45. The summed E-state index contributed by atoms with van der Waals surface area (Å²) in [4.78, 5) is 0. The fourth-order valence-electron chi connectivity index (χ4n) is 18.2. The van der Waals surface area contributed by atoms with Gasteiger partial charge in [-0.1, -0.05) is 291 Å². The van der Waals surface area contributed by atoms with Crippen molar-refractivity contribution in [1.82, 2.24) is 0 Å². The summed E-state index contributed by atoms with van der Waals surface area (Å²) in [6, 6.07) is 138. The lowest BCUT2D eigenvalue weighted by Crippen LogP contribution is -1.96. The number of benzene rings is 22. The monoisotopic (exact) mass is 1280 g/mol. The molecule has 0 saturated heterocycles. The molecule has 22 aromatic carbocycles. The van der Waals surface area contributed by atoms with Gasteiger partial charge in [0.25, 0.3) is 0 Å². The second-order valence-electron chi connectivity index (χ2n) is 28.0. The molecule has 102 heavy (non-hydrogen) atoms. The topological polar surface area (TPSA) is 0 Å². The van der Waals surface area contributed by atoms with Crippen molar-refractivity contribution in [3.8, 4) is 66.8 Å². The molecule has 0 N–H and O–H groups in total. The van der Waals surface area contributed by atoms with E-state index in [4.69, 9.17) is 0 Å². The van der Waals surface area contributed by atoms with E-state index in [0.717, 1.165) is 16.7 Å². The van der Waals surface area contributed by atoms with Crippen LogP contribution in [0.3, 0.4) is 0 Å². The average molecular weight is 1290 g/mol. The van der Waals surface area contributed by atoms with Gasteiger partial charge in [-0.25, -0.2) is 0 Å². The molecule has 0 aliphatic heterocycles. The van der Waals surface area contributed by atoms with Crippen LogP contribution >= 0.6 is 0 Å². The molecule has 0 fully saturated rings. The predicted octanol–water partition coefficient (Wildman–Crippen LogP) is 29.0. The molecular formula is C102H60. The quantitative estimate of drug-likeness (QED) is 0.115. The Kier molecular flexibility index (Phi) is 12.3. The molecule has 0 atom stereocenters. The Labute approximate surface area is 588 Å². The zero-order valence-electron chi connectivity index (χ0n) is 55.6. The molecule has 0 saturated carbocycles. The van der Waals surface area contributed by atoms with Crippen LogP contribution in [0.2, 0.25) is 0 Å². The molecule has 0 aromatic heterocycles. The van der Waals surface area contributed by atoms with Crippen LogP contribution in [0.15, 0.2) is 364 Å². The maximum atomic E-state index is 2.55. The Bertz CT molecular complexity index is 6550. The zero-order valence-corrected chi connectivity index (χ0v) is 55.6. The largest absolute Gasteiger partial charge is 0.0616 e. The SMILES string of the molecule is c1ccc2cc3c(cc2c1)c(-c1c2ccccc2c(-c2cc(-c4c5ccccc5c(-c5cc6ccccc6c6cc7ccccc7cc56)c5ccccc45)cc(-c4c5ccccc5c(-c5cc6ccccc6c6cc7ccccc7cc56)c5ccccc45)c2)c2ccccc12)cc1ccccc13. The van der Waals surface area contributed by atoms with E-state index in [2.05, 4.69) is 364 Å². The van der Waals surface area contributed by atoms with Gasteiger partial charge < -0.3 is 0 Å². The Morgan fingerprint density at radius 2 is 0.255 bits per heavy atom. The minimum absolute atomic E-state index is 1.16. The van der Waals surface area contributed by atoms with Crippen LogP contribution in [0, 0.1) is 0 Å². The Morgan fingerprint density at radius 3 is 0.461 bits per heavy atom. The Hall–Kier alpha value is -13.3. The molecule has 22 rings (SSSR count). The van der Waals surface area contributed by atoms with E-state index in [9.17, 15) is 0 Å². The average Bonchev–Trinajstić information content (AvgIpc) is 0.725. The molecule has 0 aliphatic rings. The molecular weight excluding hydrogens is 1230 g/mol. The first-order valence-corrected chi connectivity index (χ1v) is 35.6. The molecule has 0 spiro atoms. The number of hydrogen-bond donors (Lipinski definition) is 0. The van der Waals surface area contributed by atoms with Crippen molar-refractivity contribution in [3.63, 3.8) is 0 Å². The van der Waals surface area contributed by atoms with E-state index in [1.165, 1.54) is 212 Å². The van der Waals surface area contributed by atoms with Crippen LogP contribution in [0.5, 0.6) is 0 Å². The molecule has 0 heteroatoms. The Balaban J connectivity index is 0.872. The van der Waals surface area contributed by atoms with Crippen LogP contribution in [0.1, 0.15) is 0 Å². The molecule has 0 radical (unpaired) electrons. The second-order valence-corrected chi connectivity index (χ2v) is 28.0. The van der Waals surface area contributed by atoms with Crippen molar-refractivity contribution in [2.75, 3.05) is 0 Å². The van der Waals surface area contributed by atoms with Crippen molar-refractivity contribution in [2.24, 2.45) is 0 Å². The molecule has 0 aliphatic carbocycles. The highest BCUT2D eigenvalue weighted by Crippen LogP contribution is 2.54. The first kappa shape index (κ1) is 56.7. The van der Waals surface area contributed by atoms with Gasteiger partial charge in [0.2, 0.25) is 0 Å². The van der Waals surface area contributed by atoms with Gasteiger partial charge in [-0.05, 0) is 301 Å². The minimum atomic E-state index is 1.16. The highest BCUT2D eigenvalue weighted by Gasteiger charge is 2.27. The maximum absolute atomic E-state index is 2.55.